The lowest BCUT2D eigenvalue weighted by Crippen LogP contribution is -2.34. The molecule has 140 valence electrons. The largest absolute Gasteiger partial charge is 0.345 e. The fourth-order valence-electron chi connectivity index (χ4n) is 3.29. The van der Waals surface area contributed by atoms with E-state index in [1.54, 1.807) is 0 Å². The normalized spacial score (nSPS) is 11.0. The van der Waals surface area contributed by atoms with Crippen LogP contribution in [0.3, 0.4) is 0 Å². The quantitative estimate of drug-likeness (QED) is 0.580. The second-order valence-corrected chi connectivity index (χ2v) is 7.39. The number of nitrogens with zero attached hydrogens (tertiary/aromatic N) is 2. The number of aromatic nitrogens is 1. The first-order chi connectivity index (χ1) is 13.0. The Morgan fingerprint density at radius 2 is 1.63 bits per heavy atom. The van der Waals surface area contributed by atoms with Crippen LogP contribution < -0.4 is 0 Å². The maximum Gasteiger partial charge on any atom is 0.225 e. The Balaban J connectivity index is 1.81. The molecule has 0 unspecified atom stereocenters. The van der Waals surface area contributed by atoms with E-state index in [2.05, 4.69) is 66.2 Å². The average Bonchev–Trinajstić information content (AvgIpc) is 3.10. The van der Waals surface area contributed by atoms with Crippen molar-refractivity contribution in [1.82, 2.24) is 9.47 Å². The molecule has 0 bridgehead atoms. The summed E-state index contributed by atoms with van der Waals surface area (Å²) >= 11 is 0. The Morgan fingerprint density at radius 3 is 2.33 bits per heavy atom. The van der Waals surface area contributed by atoms with E-state index in [0.29, 0.717) is 13.1 Å². The number of hydrogen-bond donors (Lipinski definition) is 0. The summed E-state index contributed by atoms with van der Waals surface area (Å²) in [6.07, 6.45) is 2.10. The number of rotatable bonds is 7. The predicted molar refractivity (Wildman–Crippen MR) is 110 cm³/mol. The maximum atomic E-state index is 12.8. The molecule has 0 fully saturated rings. The highest BCUT2D eigenvalue weighted by Crippen LogP contribution is 2.17. The van der Waals surface area contributed by atoms with Crippen molar-refractivity contribution in [1.29, 1.82) is 0 Å². The van der Waals surface area contributed by atoms with Gasteiger partial charge in [0.15, 0.2) is 0 Å². The smallest absolute Gasteiger partial charge is 0.225 e. The van der Waals surface area contributed by atoms with Crippen molar-refractivity contribution in [3.05, 3.63) is 95.3 Å². The fraction of sp³-hybridized carbons (Fsp3) is 0.292. The van der Waals surface area contributed by atoms with Crippen molar-refractivity contribution in [2.45, 2.75) is 40.4 Å². The number of hydrogen-bond acceptors (Lipinski definition) is 1. The summed E-state index contributed by atoms with van der Waals surface area (Å²) in [6.45, 7) is 8.14. The average molecular weight is 361 g/mol. The summed E-state index contributed by atoms with van der Waals surface area (Å²) in [5.41, 5.74) is 4.91. The van der Waals surface area contributed by atoms with Crippen LogP contribution in [-0.2, 0) is 24.4 Å². The van der Waals surface area contributed by atoms with Crippen LogP contribution in [0.4, 0.5) is 0 Å². The van der Waals surface area contributed by atoms with Crippen LogP contribution in [0, 0.1) is 12.8 Å². The van der Waals surface area contributed by atoms with Crippen molar-refractivity contribution in [2.75, 3.05) is 0 Å². The Kier molecular flexibility index (Phi) is 6.12. The molecular weight excluding hydrogens is 332 g/mol. The topological polar surface area (TPSA) is 25.2 Å². The van der Waals surface area contributed by atoms with Gasteiger partial charge in [-0.3, -0.25) is 4.79 Å². The van der Waals surface area contributed by atoms with Gasteiger partial charge in [-0.2, -0.15) is 0 Å². The molecule has 0 N–H and O–H groups in total. The molecule has 1 aromatic heterocycles. The predicted octanol–water partition coefficient (Wildman–Crippen LogP) is 5.03. The highest BCUT2D eigenvalue weighted by atomic mass is 16.2. The first-order valence-corrected chi connectivity index (χ1v) is 9.56. The highest BCUT2D eigenvalue weighted by Gasteiger charge is 2.19. The van der Waals surface area contributed by atoms with Crippen LogP contribution in [0.25, 0.3) is 0 Å². The van der Waals surface area contributed by atoms with E-state index in [-0.39, 0.29) is 11.8 Å². The van der Waals surface area contributed by atoms with Gasteiger partial charge in [-0.15, -0.1) is 0 Å². The van der Waals surface area contributed by atoms with E-state index >= 15 is 0 Å². The molecule has 0 radical (unpaired) electrons. The Morgan fingerprint density at radius 1 is 0.926 bits per heavy atom. The lowest BCUT2D eigenvalue weighted by Gasteiger charge is -2.25. The fourth-order valence-corrected chi connectivity index (χ4v) is 3.29. The van der Waals surface area contributed by atoms with Gasteiger partial charge in [-0.05, 0) is 35.7 Å². The van der Waals surface area contributed by atoms with Crippen molar-refractivity contribution in [3.63, 3.8) is 0 Å². The molecule has 1 heterocycles. The molecular formula is C24H28N2O. The van der Waals surface area contributed by atoms with Crippen LogP contribution in [0.15, 0.2) is 72.9 Å². The van der Waals surface area contributed by atoms with Gasteiger partial charge >= 0.3 is 0 Å². The van der Waals surface area contributed by atoms with Crippen molar-refractivity contribution in [2.24, 2.45) is 5.92 Å². The third kappa shape index (κ3) is 4.88. The van der Waals surface area contributed by atoms with E-state index in [1.807, 2.05) is 36.9 Å². The van der Waals surface area contributed by atoms with Gasteiger partial charge < -0.3 is 9.47 Å². The summed E-state index contributed by atoms with van der Waals surface area (Å²) in [7, 11) is 0. The number of carbonyl (C=O) groups excluding carboxylic acids is 1. The molecule has 3 heteroatoms. The zero-order valence-corrected chi connectivity index (χ0v) is 16.4. The highest BCUT2D eigenvalue weighted by molar-refractivity contribution is 5.78. The van der Waals surface area contributed by atoms with Crippen molar-refractivity contribution >= 4 is 5.91 Å². The third-order valence-corrected chi connectivity index (χ3v) is 4.90. The van der Waals surface area contributed by atoms with Crippen LogP contribution in [0.1, 0.15) is 36.2 Å². The van der Waals surface area contributed by atoms with E-state index in [0.717, 1.165) is 17.8 Å². The summed E-state index contributed by atoms with van der Waals surface area (Å²) in [4.78, 5) is 14.8. The second-order valence-electron chi connectivity index (χ2n) is 7.39. The molecule has 0 spiro atoms. The number of benzene rings is 2. The van der Waals surface area contributed by atoms with Gasteiger partial charge in [-0.25, -0.2) is 0 Å². The van der Waals surface area contributed by atoms with Crippen molar-refractivity contribution < 1.29 is 4.79 Å². The summed E-state index contributed by atoms with van der Waals surface area (Å²) in [5.74, 6) is 0.163. The van der Waals surface area contributed by atoms with Crippen molar-refractivity contribution in [3.8, 4) is 0 Å². The lowest BCUT2D eigenvalue weighted by atomic mass is 10.1. The Labute approximate surface area is 162 Å². The van der Waals surface area contributed by atoms with E-state index in [4.69, 9.17) is 0 Å². The minimum atomic E-state index is -0.0199. The number of aryl methyl sites for hydroxylation is 1. The minimum absolute atomic E-state index is 0.0199. The molecule has 0 aliphatic heterocycles. The maximum absolute atomic E-state index is 12.8. The van der Waals surface area contributed by atoms with Gasteiger partial charge in [0.1, 0.15) is 0 Å². The van der Waals surface area contributed by atoms with Crippen LogP contribution in [0.5, 0.6) is 0 Å². The minimum Gasteiger partial charge on any atom is -0.345 e. The van der Waals surface area contributed by atoms with Crippen LogP contribution in [-0.4, -0.2) is 15.4 Å². The van der Waals surface area contributed by atoms with Gasteiger partial charge in [0.2, 0.25) is 5.91 Å². The molecule has 3 aromatic rings. The zero-order valence-electron chi connectivity index (χ0n) is 16.4. The van der Waals surface area contributed by atoms with E-state index in [1.165, 1.54) is 11.1 Å². The summed E-state index contributed by atoms with van der Waals surface area (Å²) in [5, 5.41) is 0. The number of amides is 1. The molecule has 3 nitrogen and oxygen atoms in total. The summed E-state index contributed by atoms with van der Waals surface area (Å²) < 4.78 is 2.24. The van der Waals surface area contributed by atoms with Gasteiger partial charge in [0, 0.05) is 30.9 Å². The Bertz CT molecular complexity index is 880. The number of carbonyl (C=O) groups is 1. The molecule has 3 rings (SSSR count). The van der Waals surface area contributed by atoms with Gasteiger partial charge in [0.25, 0.3) is 0 Å². The third-order valence-electron chi connectivity index (χ3n) is 4.90. The zero-order chi connectivity index (χ0) is 19.2. The molecule has 0 aliphatic carbocycles. The molecule has 2 aromatic carbocycles. The first kappa shape index (κ1) is 19.0. The van der Waals surface area contributed by atoms with Gasteiger partial charge in [-0.1, -0.05) is 68.4 Å². The molecule has 0 aliphatic rings. The molecule has 0 saturated carbocycles. The van der Waals surface area contributed by atoms with E-state index in [9.17, 15) is 4.79 Å². The standard InChI is InChI=1S/C24H28N2O/c1-19(2)24(27)26(16-21-11-5-4-6-12-21)18-23-14-9-15-25(23)17-22-13-8-7-10-20(22)3/h4-15,19H,16-18H2,1-3H3. The van der Waals surface area contributed by atoms with Crippen LogP contribution >= 0.6 is 0 Å². The molecule has 0 atom stereocenters. The van der Waals surface area contributed by atoms with E-state index < -0.39 is 0 Å². The molecule has 27 heavy (non-hydrogen) atoms. The monoisotopic (exact) mass is 360 g/mol. The molecule has 1 amide bonds. The molecule has 0 saturated heterocycles. The lowest BCUT2D eigenvalue weighted by molar-refractivity contribution is -0.135. The first-order valence-electron chi connectivity index (χ1n) is 9.56. The summed E-state index contributed by atoms with van der Waals surface area (Å²) in [6, 6.07) is 22.8. The van der Waals surface area contributed by atoms with Gasteiger partial charge in [0.05, 0.1) is 6.54 Å². The second kappa shape index (κ2) is 8.72. The SMILES string of the molecule is Cc1ccccc1Cn1cccc1CN(Cc1ccccc1)C(=O)C(C)C. The Hall–Kier alpha value is -2.81. The van der Waals surface area contributed by atoms with Crippen LogP contribution in [0.2, 0.25) is 0 Å².